The molecule has 1 amide bonds. The minimum Gasteiger partial charge on any atom is -0.367 e. The quantitative estimate of drug-likeness (QED) is 0.476. The zero-order chi connectivity index (χ0) is 21.1. The number of fused-ring (bicyclic) bond motifs is 1. The number of nitrogens with one attached hydrogen (secondary N) is 2. The highest BCUT2D eigenvalue weighted by Gasteiger charge is 2.10. The lowest BCUT2D eigenvalue weighted by molar-refractivity contribution is 0.0955. The third kappa shape index (κ3) is 3.95. The predicted molar refractivity (Wildman–Crippen MR) is 114 cm³/mol. The fourth-order valence-corrected chi connectivity index (χ4v) is 3.05. The molecule has 4 aromatic rings. The molecule has 9 heteroatoms. The Balaban J connectivity index is 1.30. The van der Waals surface area contributed by atoms with E-state index in [0.717, 1.165) is 22.5 Å². The smallest absolute Gasteiger partial charge is 0.251 e. The molecule has 0 bridgehead atoms. The summed E-state index contributed by atoms with van der Waals surface area (Å²) in [5.74, 6) is 1.14. The minimum absolute atomic E-state index is 0.161. The molecule has 0 saturated heterocycles. The summed E-state index contributed by atoms with van der Waals surface area (Å²) in [6, 6.07) is 8.97. The molecule has 0 atom stereocenters. The average Bonchev–Trinajstić information content (AvgIpc) is 3.04. The van der Waals surface area contributed by atoms with E-state index in [1.165, 1.54) is 0 Å². The zero-order valence-electron chi connectivity index (χ0n) is 17.0. The summed E-state index contributed by atoms with van der Waals surface area (Å²) < 4.78 is 1.79. The van der Waals surface area contributed by atoms with Gasteiger partial charge in [-0.15, -0.1) is 10.2 Å². The number of carbonyl (C=O) groups is 1. The highest BCUT2D eigenvalue weighted by Crippen LogP contribution is 2.15. The molecule has 3 heterocycles. The third-order valence-corrected chi connectivity index (χ3v) is 4.97. The first-order valence-corrected chi connectivity index (χ1v) is 9.62. The van der Waals surface area contributed by atoms with Crippen LogP contribution < -0.4 is 10.6 Å². The molecular formula is C21H22N8O. The van der Waals surface area contributed by atoms with Gasteiger partial charge in [-0.2, -0.15) is 5.10 Å². The van der Waals surface area contributed by atoms with Crippen LogP contribution in [0.4, 0.5) is 5.82 Å². The molecule has 0 aliphatic carbocycles. The van der Waals surface area contributed by atoms with Crippen molar-refractivity contribution in [2.24, 2.45) is 0 Å². The fraction of sp³-hybridized carbons (Fsp3) is 0.238. The lowest BCUT2D eigenvalue weighted by Crippen LogP contribution is -2.29. The van der Waals surface area contributed by atoms with Crippen LogP contribution in [0.15, 0.2) is 42.7 Å². The van der Waals surface area contributed by atoms with Crippen LogP contribution in [0.3, 0.4) is 0 Å². The van der Waals surface area contributed by atoms with Gasteiger partial charge in [0.25, 0.3) is 5.91 Å². The van der Waals surface area contributed by atoms with Gasteiger partial charge in [-0.3, -0.25) is 14.8 Å². The van der Waals surface area contributed by atoms with Crippen molar-refractivity contribution in [3.63, 3.8) is 0 Å². The van der Waals surface area contributed by atoms with Gasteiger partial charge in [-0.1, -0.05) is 0 Å². The van der Waals surface area contributed by atoms with E-state index in [2.05, 4.69) is 35.9 Å². The van der Waals surface area contributed by atoms with E-state index < -0.39 is 0 Å². The Morgan fingerprint density at radius 3 is 2.47 bits per heavy atom. The summed E-state index contributed by atoms with van der Waals surface area (Å²) in [5.41, 5.74) is 5.17. The molecule has 0 radical (unpaired) electrons. The number of carbonyl (C=O) groups excluding carboxylic acids is 1. The average molecular weight is 402 g/mol. The molecule has 0 unspecified atom stereocenters. The Bertz CT molecular complexity index is 1200. The van der Waals surface area contributed by atoms with Gasteiger partial charge < -0.3 is 10.6 Å². The summed E-state index contributed by atoms with van der Waals surface area (Å²) in [4.78, 5) is 20.8. The molecular weight excluding hydrogens is 380 g/mol. The number of rotatable bonds is 6. The van der Waals surface area contributed by atoms with E-state index in [9.17, 15) is 4.79 Å². The van der Waals surface area contributed by atoms with Crippen LogP contribution in [0.1, 0.15) is 27.3 Å². The lowest BCUT2D eigenvalue weighted by Gasteiger charge is -2.08. The maximum Gasteiger partial charge on any atom is 0.251 e. The SMILES string of the molecule is Cc1nn(-c2ccc(NCCNC(=O)c3ccc4nccnc4c3)nn2)c(C)c1C. The topological polar surface area (TPSA) is 111 Å². The van der Waals surface area contributed by atoms with Gasteiger partial charge >= 0.3 is 0 Å². The van der Waals surface area contributed by atoms with Crippen molar-refractivity contribution in [3.8, 4) is 5.82 Å². The predicted octanol–water partition coefficient (Wildman–Crippen LogP) is 2.37. The maximum atomic E-state index is 12.3. The fourth-order valence-electron chi connectivity index (χ4n) is 3.05. The number of hydrogen-bond acceptors (Lipinski definition) is 7. The third-order valence-electron chi connectivity index (χ3n) is 4.97. The Morgan fingerprint density at radius 1 is 0.967 bits per heavy atom. The van der Waals surface area contributed by atoms with Gasteiger partial charge in [0, 0.05) is 36.7 Å². The minimum atomic E-state index is -0.161. The van der Waals surface area contributed by atoms with Crippen molar-refractivity contribution in [2.45, 2.75) is 20.8 Å². The highest BCUT2D eigenvalue weighted by molar-refractivity contribution is 5.97. The van der Waals surface area contributed by atoms with Crippen molar-refractivity contribution >= 4 is 22.8 Å². The van der Waals surface area contributed by atoms with Crippen LogP contribution in [0.2, 0.25) is 0 Å². The van der Waals surface area contributed by atoms with Gasteiger partial charge in [-0.25, -0.2) is 4.68 Å². The summed E-state index contributed by atoms with van der Waals surface area (Å²) >= 11 is 0. The molecule has 0 aliphatic heterocycles. The number of aromatic nitrogens is 6. The van der Waals surface area contributed by atoms with Crippen molar-refractivity contribution < 1.29 is 4.79 Å². The summed E-state index contributed by atoms with van der Waals surface area (Å²) in [6.45, 7) is 6.98. The summed E-state index contributed by atoms with van der Waals surface area (Å²) in [5, 5.41) is 19.0. The normalized spacial score (nSPS) is 10.9. The van der Waals surface area contributed by atoms with E-state index in [1.807, 2.05) is 32.9 Å². The molecule has 0 fully saturated rings. The monoisotopic (exact) mass is 402 g/mol. The first kappa shape index (κ1) is 19.4. The summed E-state index contributed by atoms with van der Waals surface area (Å²) in [6.07, 6.45) is 3.23. The van der Waals surface area contributed by atoms with Crippen molar-refractivity contribution in [1.29, 1.82) is 0 Å². The molecule has 0 spiro atoms. The van der Waals surface area contributed by atoms with Crippen LogP contribution in [0.25, 0.3) is 16.9 Å². The Morgan fingerprint density at radius 2 is 1.77 bits per heavy atom. The molecule has 1 aromatic carbocycles. The van der Waals surface area contributed by atoms with E-state index in [1.54, 1.807) is 35.3 Å². The molecule has 3 aromatic heterocycles. The second-order valence-corrected chi connectivity index (χ2v) is 6.93. The van der Waals surface area contributed by atoms with Crippen molar-refractivity contribution in [1.82, 2.24) is 35.3 Å². The van der Waals surface area contributed by atoms with Crippen LogP contribution in [0.5, 0.6) is 0 Å². The number of nitrogens with zero attached hydrogens (tertiary/aromatic N) is 6. The molecule has 2 N–H and O–H groups in total. The molecule has 30 heavy (non-hydrogen) atoms. The number of anilines is 1. The highest BCUT2D eigenvalue weighted by atomic mass is 16.1. The van der Waals surface area contributed by atoms with Gasteiger partial charge in [0.05, 0.1) is 16.7 Å². The van der Waals surface area contributed by atoms with Gasteiger partial charge in [-0.05, 0) is 56.7 Å². The standard InChI is InChI=1S/C21H22N8O/c1-13-14(2)28-29(15(13)3)20-7-6-19(26-27-20)24-10-11-25-21(30)16-4-5-17-18(12-16)23-9-8-22-17/h4-9,12H,10-11H2,1-3H3,(H,24,26)(H,25,30). The maximum absolute atomic E-state index is 12.3. The van der Waals surface area contributed by atoms with Crippen LogP contribution in [0, 0.1) is 20.8 Å². The molecule has 0 saturated carbocycles. The number of aryl methyl sites for hydroxylation is 1. The van der Waals surface area contributed by atoms with Crippen molar-refractivity contribution in [3.05, 3.63) is 65.2 Å². The zero-order valence-corrected chi connectivity index (χ0v) is 17.0. The molecule has 4 rings (SSSR count). The van der Waals surface area contributed by atoms with Gasteiger partial charge in [0.15, 0.2) is 5.82 Å². The second kappa shape index (κ2) is 8.24. The first-order valence-electron chi connectivity index (χ1n) is 9.62. The lowest BCUT2D eigenvalue weighted by atomic mass is 10.2. The molecule has 0 aliphatic rings. The van der Waals surface area contributed by atoms with E-state index in [-0.39, 0.29) is 5.91 Å². The van der Waals surface area contributed by atoms with E-state index in [0.29, 0.717) is 35.8 Å². The van der Waals surface area contributed by atoms with Crippen LogP contribution in [-0.4, -0.2) is 48.9 Å². The first-order chi connectivity index (χ1) is 14.5. The number of amides is 1. The second-order valence-electron chi connectivity index (χ2n) is 6.93. The molecule has 152 valence electrons. The van der Waals surface area contributed by atoms with E-state index >= 15 is 0 Å². The number of benzene rings is 1. The Kier molecular flexibility index (Phi) is 5.34. The van der Waals surface area contributed by atoms with Gasteiger partial charge in [0.1, 0.15) is 5.82 Å². The van der Waals surface area contributed by atoms with Crippen LogP contribution >= 0.6 is 0 Å². The Labute approximate surface area is 173 Å². The molecule has 9 nitrogen and oxygen atoms in total. The number of hydrogen-bond donors (Lipinski definition) is 2. The van der Waals surface area contributed by atoms with Crippen molar-refractivity contribution in [2.75, 3.05) is 18.4 Å². The van der Waals surface area contributed by atoms with E-state index in [4.69, 9.17) is 0 Å². The van der Waals surface area contributed by atoms with Crippen LogP contribution in [-0.2, 0) is 0 Å². The van der Waals surface area contributed by atoms with Gasteiger partial charge in [0.2, 0.25) is 0 Å². The summed E-state index contributed by atoms with van der Waals surface area (Å²) in [7, 11) is 0. The Hall–Kier alpha value is -3.88. The largest absolute Gasteiger partial charge is 0.367 e.